The van der Waals surface area contributed by atoms with E-state index in [9.17, 15) is 0 Å². The van der Waals surface area contributed by atoms with Crippen molar-refractivity contribution in [3.8, 4) is 0 Å². The lowest BCUT2D eigenvalue weighted by Gasteiger charge is -2.09. The van der Waals surface area contributed by atoms with Crippen LogP contribution in [-0.4, -0.2) is 25.4 Å². The summed E-state index contributed by atoms with van der Waals surface area (Å²) in [5, 5.41) is 4.04. The largest absolute Gasteiger partial charge is 0.360 e. The van der Waals surface area contributed by atoms with Gasteiger partial charge in [0.2, 0.25) is 0 Å². The number of ether oxygens (including phenoxy) is 1. The molecule has 3 heteroatoms. The highest BCUT2D eigenvalue weighted by atomic mass is 16.5. The average molecular weight is 129 g/mol. The summed E-state index contributed by atoms with van der Waals surface area (Å²) in [6.45, 7) is 3.39. The van der Waals surface area contributed by atoms with Gasteiger partial charge in [-0.1, -0.05) is 0 Å². The van der Waals surface area contributed by atoms with E-state index in [0.29, 0.717) is 12.8 Å². The van der Waals surface area contributed by atoms with Gasteiger partial charge in [-0.2, -0.15) is 0 Å². The molecule has 9 heavy (non-hydrogen) atoms. The molecular formula is C6H13N2O. The SMILES string of the molecule is CC(N)CC1C[N]CO1. The molecule has 3 nitrogen and oxygen atoms in total. The minimum atomic E-state index is 0.239. The summed E-state index contributed by atoms with van der Waals surface area (Å²) in [6.07, 6.45) is 1.23. The van der Waals surface area contributed by atoms with Crippen molar-refractivity contribution in [1.29, 1.82) is 0 Å². The highest BCUT2D eigenvalue weighted by Gasteiger charge is 2.16. The maximum absolute atomic E-state index is 5.55. The highest BCUT2D eigenvalue weighted by molar-refractivity contribution is 4.69. The van der Waals surface area contributed by atoms with E-state index < -0.39 is 0 Å². The van der Waals surface area contributed by atoms with Crippen molar-refractivity contribution < 1.29 is 4.74 Å². The van der Waals surface area contributed by atoms with Crippen LogP contribution in [0, 0.1) is 0 Å². The Kier molecular flexibility index (Phi) is 2.45. The molecule has 1 heterocycles. The number of hydrogen-bond donors (Lipinski definition) is 1. The van der Waals surface area contributed by atoms with Gasteiger partial charge < -0.3 is 10.5 Å². The molecule has 1 rings (SSSR count). The minimum Gasteiger partial charge on any atom is -0.360 e. The molecule has 1 aliphatic rings. The maximum Gasteiger partial charge on any atom is 0.113 e. The van der Waals surface area contributed by atoms with Gasteiger partial charge in [0.15, 0.2) is 0 Å². The third kappa shape index (κ3) is 2.30. The van der Waals surface area contributed by atoms with Crippen LogP contribution >= 0.6 is 0 Å². The molecule has 0 bridgehead atoms. The lowest BCUT2D eigenvalue weighted by molar-refractivity contribution is 0.102. The van der Waals surface area contributed by atoms with Gasteiger partial charge in [-0.15, -0.1) is 0 Å². The summed E-state index contributed by atoms with van der Waals surface area (Å²) in [5.41, 5.74) is 5.55. The normalized spacial score (nSPS) is 30.7. The van der Waals surface area contributed by atoms with Crippen LogP contribution in [0.15, 0.2) is 0 Å². The Labute approximate surface area is 55.6 Å². The van der Waals surface area contributed by atoms with Gasteiger partial charge in [0.25, 0.3) is 0 Å². The lowest BCUT2D eigenvalue weighted by Crippen LogP contribution is -2.24. The summed E-state index contributed by atoms with van der Waals surface area (Å²) in [7, 11) is 0. The molecule has 0 aromatic rings. The zero-order valence-corrected chi connectivity index (χ0v) is 5.71. The lowest BCUT2D eigenvalue weighted by atomic mass is 10.1. The summed E-state index contributed by atoms with van der Waals surface area (Å²) >= 11 is 0. The highest BCUT2D eigenvalue weighted by Crippen LogP contribution is 2.04. The molecule has 2 unspecified atom stereocenters. The Morgan fingerprint density at radius 3 is 3.11 bits per heavy atom. The fourth-order valence-corrected chi connectivity index (χ4v) is 0.965. The zero-order chi connectivity index (χ0) is 6.69. The first kappa shape index (κ1) is 6.99. The fourth-order valence-electron chi connectivity index (χ4n) is 0.965. The number of nitrogens with two attached hydrogens (primary N) is 1. The van der Waals surface area contributed by atoms with Gasteiger partial charge in [-0.05, 0) is 13.3 Å². The Bertz CT molecular complexity index is 79.1. The van der Waals surface area contributed by atoms with Gasteiger partial charge in [0, 0.05) is 12.6 Å². The van der Waals surface area contributed by atoms with Crippen LogP contribution in [0.25, 0.3) is 0 Å². The first-order valence-electron chi connectivity index (χ1n) is 3.29. The summed E-state index contributed by atoms with van der Waals surface area (Å²) < 4.78 is 5.22. The van der Waals surface area contributed by atoms with Gasteiger partial charge >= 0.3 is 0 Å². The van der Waals surface area contributed by atoms with E-state index in [1.54, 1.807) is 0 Å². The first-order chi connectivity index (χ1) is 4.29. The van der Waals surface area contributed by atoms with Crippen molar-refractivity contribution in [3.05, 3.63) is 0 Å². The summed E-state index contributed by atoms with van der Waals surface area (Å²) in [6, 6.07) is 0.239. The first-order valence-corrected chi connectivity index (χ1v) is 3.29. The van der Waals surface area contributed by atoms with Crippen molar-refractivity contribution in [2.45, 2.75) is 25.5 Å². The second-order valence-electron chi connectivity index (χ2n) is 2.54. The van der Waals surface area contributed by atoms with Gasteiger partial charge in [0.05, 0.1) is 6.10 Å². The van der Waals surface area contributed by atoms with Crippen LogP contribution in [0.4, 0.5) is 0 Å². The second-order valence-corrected chi connectivity index (χ2v) is 2.54. The van der Waals surface area contributed by atoms with Crippen LogP contribution in [0.3, 0.4) is 0 Å². The molecule has 1 radical (unpaired) electrons. The molecule has 2 N–H and O–H groups in total. The fraction of sp³-hybridized carbons (Fsp3) is 1.00. The molecule has 1 saturated heterocycles. The third-order valence-electron chi connectivity index (χ3n) is 1.37. The van der Waals surface area contributed by atoms with Crippen molar-refractivity contribution in [2.75, 3.05) is 13.3 Å². The zero-order valence-electron chi connectivity index (χ0n) is 5.71. The molecule has 0 aromatic carbocycles. The van der Waals surface area contributed by atoms with Crippen molar-refractivity contribution in [2.24, 2.45) is 5.73 Å². The predicted octanol–water partition coefficient (Wildman–Crippen LogP) is -0.316. The number of rotatable bonds is 2. The van der Waals surface area contributed by atoms with Gasteiger partial charge in [-0.25, -0.2) is 5.32 Å². The second kappa shape index (κ2) is 3.15. The van der Waals surface area contributed by atoms with E-state index in [2.05, 4.69) is 5.32 Å². The van der Waals surface area contributed by atoms with Crippen LogP contribution in [0.5, 0.6) is 0 Å². The van der Waals surface area contributed by atoms with Gasteiger partial charge in [-0.3, -0.25) is 0 Å². The van der Waals surface area contributed by atoms with Crippen LogP contribution in [0.1, 0.15) is 13.3 Å². The molecule has 0 amide bonds. The van der Waals surface area contributed by atoms with Crippen LogP contribution in [0.2, 0.25) is 0 Å². The maximum atomic E-state index is 5.55. The van der Waals surface area contributed by atoms with E-state index in [1.807, 2.05) is 6.92 Å². The molecule has 2 atom stereocenters. The molecule has 1 fully saturated rings. The molecule has 53 valence electrons. The van der Waals surface area contributed by atoms with E-state index in [1.165, 1.54) is 0 Å². The van der Waals surface area contributed by atoms with Crippen molar-refractivity contribution >= 4 is 0 Å². The predicted molar refractivity (Wildman–Crippen MR) is 35.0 cm³/mol. The van der Waals surface area contributed by atoms with Crippen LogP contribution < -0.4 is 11.1 Å². The van der Waals surface area contributed by atoms with E-state index >= 15 is 0 Å². The standard InChI is InChI=1S/C6H13N2O/c1-5(7)2-6-3-8-4-9-6/h5-6H,2-4,7H2,1H3. The quantitative estimate of drug-likeness (QED) is 0.555. The number of hydrogen-bond acceptors (Lipinski definition) is 2. The monoisotopic (exact) mass is 129 g/mol. The molecule has 0 saturated carbocycles. The smallest absolute Gasteiger partial charge is 0.113 e. The average Bonchev–Trinajstić information content (AvgIpc) is 2.15. The summed E-state index contributed by atoms with van der Waals surface area (Å²) in [4.78, 5) is 0. The molecular weight excluding hydrogens is 116 g/mol. The van der Waals surface area contributed by atoms with E-state index in [-0.39, 0.29) is 6.04 Å². The topological polar surface area (TPSA) is 49.4 Å². The van der Waals surface area contributed by atoms with Crippen LogP contribution in [-0.2, 0) is 4.74 Å². The Balaban J connectivity index is 2.11. The Morgan fingerprint density at radius 1 is 1.89 bits per heavy atom. The van der Waals surface area contributed by atoms with E-state index in [0.717, 1.165) is 13.0 Å². The van der Waals surface area contributed by atoms with E-state index in [4.69, 9.17) is 10.5 Å². The Morgan fingerprint density at radius 2 is 2.67 bits per heavy atom. The van der Waals surface area contributed by atoms with Crippen molar-refractivity contribution in [3.63, 3.8) is 0 Å². The Hall–Kier alpha value is -0.120. The number of nitrogens with zero attached hydrogens (tertiary/aromatic N) is 1. The third-order valence-corrected chi connectivity index (χ3v) is 1.37. The summed E-state index contributed by atoms with van der Waals surface area (Å²) in [5.74, 6) is 0. The molecule has 1 aliphatic heterocycles. The van der Waals surface area contributed by atoms with Gasteiger partial charge in [0.1, 0.15) is 6.73 Å². The molecule has 0 aromatic heterocycles. The molecule has 0 aliphatic carbocycles. The minimum absolute atomic E-state index is 0.239. The van der Waals surface area contributed by atoms with Crippen molar-refractivity contribution in [1.82, 2.24) is 5.32 Å². The molecule has 0 spiro atoms.